The second-order valence-electron chi connectivity index (χ2n) is 4.82. The predicted octanol–water partition coefficient (Wildman–Crippen LogP) is 3.57. The minimum atomic E-state index is -0.0458. The van der Waals surface area contributed by atoms with Crippen LogP contribution in [0.5, 0.6) is 5.75 Å². The maximum absolute atomic E-state index is 11.2. The van der Waals surface area contributed by atoms with E-state index in [-0.39, 0.29) is 11.9 Å². The lowest BCUT2D eigenvalue weighted by atomic mass is 10.1. The molecular formula is C16H20N2O2S. The van der Waals surface area contributed by atoms with Crippen LogP contribution in [0.15, 0.2) is 35.7 Å². The Morgan fingerprint density at radius 2 is 2.19 bits per heavy atom. The van der Waals surface area contributed by atoms with E-state index in [1.165, 1.54) is 12.5 Å². The Hall–Kier alpha value is -1.85. The Bertz CT molecular complexity index is 610. The zero-order chi connectivity index (χ0) is 15.2. The van der Waals surface area contributed by atoms with Crippen LogP contribution in [0.4, 0.5) is 5.69 Å². The van der Waals surface area contributed by atoms with E-state index < -0.39 is 0 Å². The van der Waals surface area contributed by atoms with Crippen LogP contribution in [0.25, 0.3) is 0 Å². The van der Waals surface area contributed by atoms with Crippen molar-refractivity contribution in [3.8, 4) is 5.75 Å². The molecule has 0 radical (unpaired) electrons. The summed E-state index contributed by atoms with van der Waals surface area (Å²) in [5.41, 5.74) is 2.06. The van der Waals surface area contributed by atoms with Gasteiger partial charge in [0.25, 0.3) is 0 Å². The first kappa shape index (κ1) is 15.5. The van der Waals surface area contributed by atoms with Gasteiger partial charge in [0.15, 0.2) is 0 Å². The molecule has 1 amide bonds. The van der Waals surface area contributed by atoms with E-state index in [1.54, 1.807) is 18.4 Å². The molecule has 2 N–H and O–H groups in total. The fraction of sp³-hybridized carbons (Fsp3) is 0.312. The van der Waals surface area contributed by atoms with Crippen molar-refractivity contribution < 1.29 is 9.53 Å². The third-order valence-corrected chi connectivity index (χ3v) is 4.14. The lowest BCUT2D eigenvalue weighted by Crippen LogP contribution is -2.18. The number of methoxy groups -OCH3 is 1. The van der Waals surface area contributed by atoms with Crippen molar-refractivity contribution in [2.45, 2.75) is 26.4 Å². The summed E-state index contributed by atoms with van der Waals surface area (Å²) < 4.78 is 5.25. The minimum Gasteiger partial charge on any atom is -0.497 e. The second kappa shape index (κ2) is 7.24. The molecule has 21 heavy (non-hydrogen) atoms. The summed E-state index contributed by atoms with van der Waals surface area (Å²) in [6.45, 7) is 4.35. The Morgan fingerprint density at radius 3 is 2.90 bits per heavy atom. The number of hydrogen-bond donors (Lipinski definition) is 2. The Morgan fingerprint density at radius 1 is 1.38 bits per heavy atom. The van der Waals surface area contributed by atoms with Crippen molar-refractivity contribution in [2.75, 3.05) is 12.4 Å². The molecule has 0 aliphatic heterocycles. The molecule has 1 aromatic heterocycles. The van der Waals surface area contributed by atoms with Crippen molar-refractivity contribution in [1.82, 2.24) is 5.32 Å². The molecule has 5 heteroatoms. The highest BCUT2D eigenvalue weighted by molar-refractivity contribution is 7.10. The van der Waals surface area contributed by atoms with Crippen LogP contribution in [-0.4, -0.2) is 13.0 Å². The van der Waals surface area contributed by atoms with Crippen LogP contribution >= 0.6 is 11.3 Å². The SMILES string of the molecule is COc1cccc(C(C)NCc2sccc2NC(C)=O)c1. The third kappa shape index (κ3) is 4.31. The number of carbonyl (C=O) groups is 1. The zero-order valence-electron chi connectivity index (χ0n) is 12.5. The summed E-state index contributed by atoms with van der Waals surface area (Å²) in [6, 6.07) is 10.2. The van der Waals surface area contributed by atoms with Crippen molar-refractivity contribution >= 4 is 22.9 Å². The van der Waals surface area contributed by atoms with Gasteiger partial charge in [-0.05, 0) is 36.1 Å². The smallest absolute Gasteiger partial charge is 0.221 e. The van der Waals surface area contributed by atoms with Crippen molar-refractivity contribution in [2.24, 2.45) is 0 Å². The highest BCUT2D eigenvalue weighted by atomic mass is 32.1. The molecular weight excluding hydrogens is 284 g/mol. The van der Waals surface area contributed by atoms with Gasteiger partial charge in [-0.25, -0.2) is 0 Å². The Kier molecular flexibility index (Phi) is 5.36. The van der Waals surface area contributed by atoms with Crippen molar-refractivity contribution in [3.63, 3.8) is 0 Å². The Labute approximate surface area is 129 Å². The van der Waals surface area contributed by atoms with Crippen LogP contribution in [0, 0.1) is 0 Å². The van der Waals surface area contributed by atoms with Crippen LogP contribution in [0.3, 0.4) is 0 Å². The third-order valence-electron chi connectivity index (χ3n) is 3.22. The molecule has 0 saturated carbocycles. The van der Waals surface area contributed by atoms with E-state index in [0.717, 1.165) is 16.3 Å². The molecule has 0 fully saturated rings. The van der Waals surface area contributed by atoms with E-state index in [4.69, 9.17) is 4.74 Å². The number of anilines is 1. The van der Waals surface area contributed by atoms with Gasteiger partial charge in [0.1, 0.15) is 5.75 Å². The van der Waals surface area contributed by atoms with Gasteiger partial charge in [-0.15, -0.1) is 11.3 Å². The zero-order valence-corrected chi connectivity index (χ0v) is 13.3. The van der Waals surface area contributed by atoms with Gasteiger partial charge in [-0.2, -0.15) is 0 Å². The molecule has 1 unspecified atom stereocenters. The number of carbonyl (C=O) groups excluding carboxylic acids is 1. The normalized spacial score (nSPS) is 12.0. The number of ether oxygens (including phenoxy) is 1. The number of benzene rings is 1. The molecule has 0 saturated heterocycles. The number of thiophene rings is 1. The predicted molar refractivity (Wildman–Crippen MR) is 86.9 cm³/mol. The van der Waals surface area contributed by atoms with Gasteiger partial charge in [0.05, 0.1) is 12.8 Å². The standard InChI is InChI=1S/C16H20N2O2S/c1-11(13-5-4-6-14(9-13)20-3)17-10-16-15(7-8-21-16)18-12(2)19/h4-9,11,17H,10H2,1-3H3,(H,18,19). The molecule has 112 valence electrons. The molecule has 0 aliphatic carbocycles. The first-order valence-electron chi connectivity index (χ1n) is 6.81. The van der Waals surface area contributed by atoms with E-state index in [0.29, 0.717) is 6.54 Å². The van der Waals surface area contributed by atoms with E-state index >= 15 is 0 Å². The van der Waals surface area contributed by atoms with Gasteiger partial charge < -0.3 is 15.4 Å². The summed E-state index contributed by atoms with van der Waals surface area (Å²) in [7, 11) is 1.67. The topological polar surface area (TPSA) is 50.4 Å². The molecule has 4 nitrogen and oxygen atoms in total. The van der Waals surface area contributed by atoms with E-state index in [2.05, 4.69) is 23.6 Å². The molecule has 1 atom stereocenters. The molecule has 1 aromatic carbocycles. The molecule has 0 aliphatic rings. The minimum absolute atomic E-state index is 0.0458. The number of rotatable bonds is 6. The number of hydrogen-bond acceptors (Lipinski definition) is 4. The summed E-state index contributed by atoms with van der Waals surface area (Å²) in [6.07, 6.45) is 0. The van der Waals surface area contributed by atoms with Gasteiger partial charge in [0, 0.05) is 24.4 Å². The van der Waals surface area contributed by atoms with Crippen LogP contribution in [-0.2, 0) is 11.3 Å². The average Bonchev–Trinajstić information content (AvgIpc) is 2.91. The number of nitrogens with one attached hydrogen (secondary N) is 2. The van der Waals surface area contributed by atoms with Gasteiger partial charge in [-0.3, -0.25) is 4.79 Å². The lowest BCUT2D eigenvalue weighted by Gasteiger charge is -2.15. The second-order valence-corrected chi connectivity index (χ2v) is 5.82. The maximum Gasteiger partial charge on any atom is 0.221 e. The fourth-order valence-electron chi connectivity index (χ4n) is 2.05. The highest BCUT2D eigenvalue weighted by Gasteiger charge is 2.09. The van der Waals surface area contributed by atoms with Gasteiger partial charge in [-0.1, -0.05) is 12.1 Å². The van der Waals surface area contributed by atoms with Crippen molar-refractivity contribution in [3.05, 3.63) is 46.2 Å². The van der Waals surface area contributed by atoms with Crippen LogP contribution in [0.1, 0.15) is 30.3 Å². The Balaban J connectivity index is 1.99. The van der Waals surface area contributed by atoms with Crippen LogP contribution in [0.2, 0.25) is 0 Å². The van der Waals surface area contributed by atoms with Gasteiger partial charge in [0.2, 0.25) is 5.91 Å². The largest absolute Gasteiger partial charge is 0.497 e. The maximum atomic E-state index is 11.2. The molecule has 2 aromatic rings. The summed E-state index contributed by atoms with van der Waals surface area (Å²) >= 11 is 1.63. The molecule has 0 bridgehead atoms. The van der Waals surface area contributed by atoms with Gasteiger partial charge >= 0.3 is 0 Å². The first-order chi connectivity index (χ1) is 10.1. The average molecular weight is 304 g/mol. The first-order valence-corrected chi connectivity index (χ1v) is 7.69. The summed E-state index contributed by atoms with van der Waals surface area (Å²) in [4.78, 5) is 12.3. The van der Waals surface area contributed by atoms with Crippen molar-refractivity contribution in [1.29, 1.82) is 0 Å². The molecule has 0 spiro atoms. The quantitative estimate of drug-likeness (QED) is 0.858. The molecule has 1 heterocycles. The monoisotopic (exact) mass is 304 g/mol. The summed E-state index contributed by atoms with van der Waals surface area (Å²) in [5, 5.41) is 8.30. The summed E-state index contributed by atoms with van der Waals surface area (Å²) in [5.74, 6) is 0.812. The highest BCUT2D eigenvalue weighted by Crippen LogP contribution is 2.24. The fourth-order valence-corrected chi connectivity index (χ4v) is 2.83. The van der Waals surface area contributed by atoms with Crippen LogP contribution < -0.4 is 15.4 Å². The van der Waals surface area contributed by atoms with E-state index in [1.807, 2.05) is 29.6 Å². The molecule has 2 rings (SSSR count). The van der Waals surface area contributed by atoms with E-state index in [9.17, 15) is 4.79 Å². The number of amides is 1. The lowest BCUT2D eigenvalue weighted by molar-refractivity contribution is -0.114.